The van der Waals surface area contributed by atoms with Crippen LogP contribution in [-0.4, -0.2) is 65.7 Å². The number of sulfonamides is 1. The second-order valence-electron chi connectivity index (χ2n) is 7.98. The number of carbonyl (C=O) groups is 1. The van der Waals surface area contributed by atoms with Crippen LogP contribution in [0, 0.1) is 0 Å². The van der Waals surface area contributed by atoms with Crippen molar-refractivity contribution < 1.29 is 13.2 Å². The molecule has 0 aliphatic carbocycles. The van der Waals surface area contributed by atoms with E-state index in [-0.39, 0.29) is 11.9 Å². The third-order valence-electron chi connectivity index (χ3n) is 5.87. The van der Waals surface area contributed by atoms with E-state index in [1.807, 2.05) is 42.5 Å². The molecule has 0 N–H and O–H groups in total. The molecular weight excluding hydrogens is 448 g/mol. The van der Waals surface area contributed by atoms with Crippen LogP contribution < -0.4 is 0 Å². The summed E-state index contributed by atoms with van der Waals surface area (Å²) in [4.78, 5) is 15.3. The molecule has 0 radical (unpaired) electrons. The van der Waals surface area contributed by atoms with Crippen LogP contribution in [0.3, 0.4) is 0 Å². The number of benzene rings is 2. The van der Waals surface area contributed by atoms with Crippen molar-refractivity contribution in [2.24, 2.45) is 0 Å². The number of piperidine rings is 1. The lowest BCUT2D eigenvalue weighted by Crippen LogP contribution is -2.47. The lowest BCUT2D eigenvalue weighted by atomic mass is 10.0. The Morgan fingerprint density at radius 1 is 1.06 bits per heavy atom. The zero-order valence-corrected chi connectivity index (χ0v) is 19.6. The highest BCUT2D eigenvalue weighted by molar-refractivity contribution is 7.88. The largest absolute Gasteiger partial charge is 0.338 e. The molecule has 1 fully saturated rings. The van der Waals surface area contributed by atoms with E-state index < -0.39 is 10.0 Å². The van der Waals surface area contributed by atoms with Crippen molar-refractivity contribution in [3.05, 3.63) is 71.4 Å². The molecule has 9 heteroatoms. The molecule has 3 aromatic rings. The normalized spacial score (nSPS) is 15.3. The SMILES string of the molecule is CN(C1CCN(C(=O)c2cn(-c3ccccc3)nc2-c2ccc(Cl)cc2)CC1)S(C)(=O)=O. The maximum absolute atomic E-state index is 13.5. The molecule has 1 aromatic heterocycles. The Morgan fingerprint density at radius 3 is 2.28 bits per heavy atom. The average Bonchev–Trinajstić information content (AvgIpc) is 3.24. The van der Waals surface area contributed by atoms with Crippen LogP contribution in [0.4, 0.5) is 0 Å². The van der Waals surface area contributed by atoms with Gasteiger partial charge in [-0.1, -0.05) is 41.9 Å². The van der Waals surface area contributed by atoms with Crippen LogP contribution in [0.1, 0.15) is 23.2 Å². The highest BCUT2D eigenvalue weighted by Gasteiger charge is 2.31. The summed E-state index contributed by atoms with van der Waals surface area (Å²) in [5.41, 5.74) is 2.76. The number of nitrogens with zero attached hydrogens (tertiary/aromatic N) is 4. The summed E-state index contributed by atoms with van der Waals surface area (Å²) in [6.45, 7) is 0.972. The molecule has 0 bridgehead atoms. The van der Waals surface area contributed by atoms with Crippen molar-refractivity contribution in [3.63, 3.8) is 0 Å². The Morgan fingerprint density at radius 2 is 1.69 bits per heavy atom. The number of hydrogen-bond acceptors (Lipinski definition) is 4. The summed E-state index contributed by atoms with van der Waals surface area (Å²) in [5.74, 6) is -0.113. The predicted octanol–water partition coefficient (Wildman–Crippen LogP) is 3.69. The standard InChI is InChI=1S/C23H25ClN4O3S/c1-26(32(2,30)31)19-12-14-27(15-13-19)23(29)21-16-28(20-6-4-3-5-7-20)25-22(21)17-8-10-18(24)11-9-17/h3-11,16,19H,12-15H2,1-2H3. The van der Waals surface area contributed by atoms with Crippen LogP contribution in [-0.2, 0) is 10.0 Å². The van der Waals surface area contributed by atoms with E-state index in [1.54, 1.807) is 35.0 Å². The summed E-state index contributed by atoms with van der Waals surface area (Å²) in [6, 6.07) is 16.8. The monoisotopic (exact) mass is 472 g/mol. The fraction of sp³-hybridized carbons (Fsp3) is 0.304. The Balaban J connectivity index is 1.63. The zero-order chi connectivity index (χ0) is 22.9. The van der Waals surface area contributed by atoms with E-state index >= 15 is 0 Å². The second-order valence-corrected chi connectivity index (χ2v) is 10.5. The van der Waals surface area contributed by atoms with Gasteiger partial charge >= 0.3 is 0 Å². The molecule has 0 atom stereocenters. The number of para-hydroxylation sites is 1. The van der Waals surface area contributed by atoms with Crippen LogP contribution in [0.15, 0.2) is 60.8 Å². The van der Waals surface area contributed by atoms with Gasteiger partial charge in [0.15, 0.2) is 0 Å². The van der Waals surface area contributed by atoms with Gasteiger partial charge in [0.05, 0.1) is 17.5 Å². The molecule has 0 unspecified atom stereocenters. The summed E-state index contributed by atoms with van der Waals surface area (Å²) in [6.07, 6.45) is 4.16. The fourth-order valence-corrected chi connectivity index (χ4v) is 4.82. The van der Waals surface area contributed by atoms with Gasteiger partial charge in [0.25, 0.3) is 5.91 Å². The Hall–Kier alpha value is -2.68. The van der Waals surface area contributed by atoms with Gasteiger partial charge in [0.2, 0.25) is 10.0 Å². The molecule has 1 aliphatic rings. The number of carbonyl (C=O) groups excluding carboxylic acids is 1. The number of hydrogen-bond donors (Lipinski definition) is 0. The molecule has 0 spiro atoms. The average molecular weight is 473 g/mol. The Bertz CT molecular complexity index is 1200. The molecule has 7 nitrogen and oxygen atoms in total. The van der Waals surface area contributed by atoms with E-state index in [9.17, 15) is 13.2 Å². The van der Waals surface area contributed by atoms with Gasteiger partial charge in [0.1, 0.15) is 5.69 Å². The predicted molar refractivity (Wildman–Crippen MR) is 126 cm³/mol. The van der Waals surface area contributed by atoms with Gasteiger partial charge in [-0.3, -0.25) is 4.79 Å². The van der Waals surface area contributed by atoms with Crippen LogP contribution >= 0.6 is 11.6 Å². The van der Waals surface area contributed by atoms with E-state index in [1.165, 1.54) is 10.6 Å². The number of likely N-dealkylation sites (tertiary alicyclic amines) is 1. The third-order valence-corrected chi connectivity index (χ3v) is 7.47. The van der Waals surface area contributed by atoms with Gasteiger partial charge in [0, 0.05) is 43.0 Å². The minimum absolute atomic E-state index is 0.100. The minimum atomic E-state index is -3.26. The maximum Gasteiger partial charge on any atom is 0.257 e. The van der Waals surface area contributed by atoms with Gasteiger partial charge in [-0.15, -0.1) is 0 Å². The van der Waals surface area contributed by atoms with E-state index in [0.29, 0.717) is 42.2 Å². The third kappa shape index (κ3) is 4.72. The summed E-state index contributed by atoms with van der Waals surface area (Å²) in [5, 5.41) is 5.32. The first-order valence-electron chi connectivity index (χ1n) is 10.4. The minimum Gasteiger partial charge on any atom is -0.338 e. The molecule has 0 saturated carbocycles. The van der Waals surface area contributed by atoms with Crippen molar-refractivity contribution in [2.45, 2.75) is 18.9 Å². The van der Waals surface area contributed by atoms with E-state index in [4.69, 9.17) is 16.7 Å². The fourth-order valence-electron chi connectivity index (χ4n) is 3.94. The highest BCUT2D eigenvalue weighted by Crippen LogP contribution is 2.28. The van der Waals surface area contributed by atoms with E-state index in [2.05, 4.69) is 0 Å². The summed E-state index contributed by atoms with van der Waals surface area (Å²) < 4.78 is 26.8. The smallest absolute Gasteiger partial charge is 0.257 e. The summed E-state index contributed by atoms with van der Waals surface area (Å²) >= 11 is 6.05. The lowest BCUT2D eigenvalue weighted by Gasteiger charge is -2.35. The van der Waals surface area contributed by atoms with Crippen LogP contribution in [0.25, 0.3) is 16.9 Å². The topological polar surface area (TPSA) is 75.5 Å². The van der Waals surface area contributed by atoms with Crippen LogP contribution in [0.2, 0.25) is 5.02 Å². The maximum atomic E-state index is 13.5. The molecular formula is C23H25ClN4O3S. The lowest BCUT2D eigenvalue weighted by molar-refractivity contribution is 0.0687. The molecule has 1 amide bonds. The van der Waals surface area contributed by atoms with Gasteiger partial charge in [-0.05, 0) is 37.1 Å². The summed E-state index contributed by atoms with van der Waals surface area (Å²) in [7, 11) is -1.66. The van der Waals surface area contributed by atoms with Crippen molar-refractivity contribution >= 4 is 27.5 Å². The van der Waals surface area contributed by atoms with Crippen molar-refractivity contribution in [3.8, 4) is 16.9 Å². The van der Waals surface area contributed by atoms with Crippen molar-refractivity contribution in [1.29, 1.82) is 0 Å². The molecule has 2 aromatic carbocycles. The number of aromatic nitrogens is 2. The van der Waals surface area contributed by atoms with Crippen molar-refractivity contribution in [2.75, 3.05) is 26.4 Å². The molecule has 1 aliphatic heterocycles. The van der Waals surface area contributed by atoms with E-state index in [0.717, 1.165) is 11.3 Å². The molecule has 1 saturated heterocycles. The van der Waals surface area contributed by atoms with Gasteiger partial charge in [-0.25, -0.2) is 17.4 Å². The zero-order valence-electron chi connectivity index (χ0n) is 18.0. The highest BCUT2D eigenvalue weighted by atomic mass is 35.5. The first-order valence-corrected chi connectivity index (χ1v) is 12.6. The molecule has 4 rings (SSSR count). The van der Waals surface area contributed by atoms with Crippen LogP contribution in [0.5, 0.6) is 0 Å². The first-order chi connectivity index (χ1) is 15.2. The van der Waals surface area contributed by atoms with Gasteiger partial charge in [-0.2, -0.15) is 5.10 Å². The Kier molecular flexibility index (Phi) is 6.37. The number of rotatable bonds is 5. The number of amides is 1. The van der Waals surface area contributed by atoms with Crippen molar-refractivity contribution in [1.82, 2.24) is 19.0 Å². The number of halogens is 1. The van der Waals surface area contributed by atoms with Gasteiger partial charge < -0.3 is 4.90 Å². The molecule has 32 heavy (non-hydrogen) atoms. The molecule has 2 heterocycles. The second kappa shape index (κ2) is 9.05. The molecule has 168 valence electrons. The first kappa shape index (κ1) is 22.5. The Labute approximate surface area is 193 Å². The quantitative estimate of drug-likeness (QED) is 0.567.